The van der Waals surface area contributed by atoms with Crippen LogP contribution in [0.3, 0.4) is 0 Å². The van der Waals surface area contributed by atoms with Crippen LogP contribution in [0.2, 0.25) is 0 Å². The minimum atomic E-state index is -0.535. The van der Waals surface area contributed by atoms with Gasteiger partial charge in [0.1, 0.15) is 5.58 Å². The van der Waals surface area contributed by atoms with Crippen molar-refractivity contribution in [3.05, 3.63) is 63.8 Å². The molecular weight excluding hydrogens is 292 g/mol. The van der Waals surface area contributed by atoms with E-state index in [0.717, 1.165) is 5.56 Å². The van der Waals surface area contributed by atoms with Crippen molar-refractivity contribution in [2.75, 3.05) is 0 Å². The first-order valence-electron chi connectivity index (χ1n) is 7.41. The van der Waals surface area contributed by atoms with E-state index in [9.17, 15) is 14.7 Å². The van der Waals surface area contributed by atoms with Gasteiger partial charge in [-0.15, -0.1) is 0 Å². The Hall–Kier alpha value is -2.88. The summed E-state index contributed by atoms with van der Waals surface area (Å²) in [6.45, 7) is 3.71. The molecule has 0 spiro atoms. The SMILES string of the molecule is CCC(=O)c1ccc2oc(-c3ccc(C)cc3)c(O)c(=O)c2c1. The molecule has 1 heterocycles. The average molecular weight is 308 g/mol. The number of carbonyl (C=O) groups is 1. The summed E-state index contributed by atoms with van der Waals surface area (Å²) in [7, 11) is 0. The molecule has 0 saturated carbocycles. The van der Waals surface area contributed by atoms with Gasteiger partial charge in [-0.3, -0.25) is 9.59 Å². The Morgan fingerprint density at radius 3 is 2.48 bits per heavy atom. The van der Waals surface area contributed by atoms with Crippen LogP contribution in [-0.2, 0) is 0 Å². The third-order valence-electron chi connectivity index (χ3n) is 3.82. The molecule has 1 aromatic heterocycles. The number of aromatic hydroxyl groups is 1. The molecule has 3 aromatic rings. The smallest absolute Gasteiger partial charge is 0.235 e. The zero-order valence-corrected chi connectivity index (χ0v) is 12.9. The molecule has 4 nitrogen and oxygen atoms in total. The Bertz CT molecular complexity index is 950. The van der Waals surface area contributed by atoms with Gasteiger partial charge < -0.3 is 9.52 Å². The van der Waals surface area contributed by atoms with Gasteiger partial charge in [0, 0.05) is 17.5 Å². The lowest BCUT2D eigenvalue weighted by Crippen LogP contribution is -2.05. The van der Waals surface area contributed by atoms with E-state index >= 15 is 0 Å². The Kier molecular flexibility index (Phi) is 3.74. The highest BCUT2D eigenvalue weighted by molar-refractivity contribution is 5.99. The van der Waals surface area contributed by atoms with E-state index in [0.29, 0.717) is 23.1 Å². The Balaban J connectivity index is 2.24. The lowest BCUT2D eigenvalue weighted by Gasteiger charge is -2.07. The molecule has 0 bridgehead atoms. The number of Topliss-reactive ketones (excluding diaryl/α,β-unsaturated/α-hetero) is 1. The van der Waals surface area contributed by atoms with Gasteiger partial charge in [0.05, 0.1) is 5.39 Å². The summed E-state index contributed by atoms with van der Waals surface area (Å²) in [6, 6.07) is 12.0. The molecule has 0 fully saturated rings. The standard InChI is InChI=1S/C19H16O4/c1-3-15(20)13-8-9-16-14(10-13)17(21)18(22)19(23-16)12-6-4-11(2)5-7-12/h4-10,22H,3H2,1-2H3. The third-order valence-corrected chi connectivity index (χ3v) is 3.82. The number of aryl methyl sites for hydroxylation is 1. The van der Waals surface area contributed by atoms with Crippen molar-refractivity contribution in [2.45, 2.75) is 20.3 Å². The number of hydrogen-bond donors (Lipinski definition) is 1. The molecule has 1 N–H and O–H groups in total. The van der Waals surface area contributed by atoms with Gasteiger partial charge in [0.15, 0.2) is 11.5 Å². The fraction of sp³-hybridized carbons (Fsp3) is 0.158. The van der Waals surface area contributed by atoms with Gasteiger partial charge in [-0.05, 0) is 25.1 Å². The zero-order chi connectivity index (χ0) is 16.6. The van der Waals surface area contributed by atoms with Crippen LogP contribution < -0.4 is 5.43 Å². The van der Waals surface area contributed by atoms with Gasteiger partial charge in [0.2, 0.25) is 11.2 Å². The van der Waals surface area contributed by atoms with Crippen molar-refractivity contribution in [2.24, 2.45) is 0 Å². The maximum Gasteiger partial charge on any atom is 0.235 e. The Morgan fingerprint density at radius 1 is 1.13 bits per heavy atom. The van der Waals surface area contributed by atoms with Crippen molar-refractivity contribution in [3.63, 3.8) is 0 Å². The van der Waals surface area contributed by atoms with Crippen molar-refractivity contribution in [1.82, 2.24) is 0 Å². The molecule has 0 aliphatic heterocycles. The van der Waals surface area contributed by atoms with E-state index in [2.05, 4.69) is 0 Å². The predicted molar refractivity (Wildman–Crippen MR) is 88.9 cm³/mol. The Morgan fingerprint density at radius 2 is 1.83 bits per heavy atom. The maximum atomic E-state index is 12.4. The topological polar surface area (TPSA) is 67.5 Å². The van der Waals surface area contributed by atoms with Crippen LogP contribution in [0.4, 0.5) is 0 Å². The van der Waals surface area contributed by atoms with Gasteiger partial charge >= 0.3 is 0 Å². The Labute approximate surface area is 133 Å². The van der Waals surface area contributed by atoms with Crippen molar-refractivity contribution < 1.29 is 14.3 Å². The van der Waals surface area contributed by atoms with Crippen molar-refractivity contribution in [1.29, 1.82) is 0 Å². The van der Waals surface area contributed by atoms with E-state index in [4.69, 9.17) is 4.42 Å². The van der Waals surface area contributed by atoms with Gasteiger partial charge in [-0.25, -0.2) is 0 Å². The first-order chi connectivity index (χ1) is 11.0. The summed E-state index contributed by atoms with van der Waals surface area (Å²) in [5.41, 5.74) is 1.94. The molecule has 3 rings (SSSR count). The number of rotatable bonds is 3. The molecule has 2 aromatic carbocycles. The lowest BCUT2D eigenvalue weighted by atomic mass is 10.0. The number of ketones is 1. The van der Waals surface area contributed by atoms with Gasteiger partial charge in [-0.1, -0.05) is 36.8 Å². The second-order valence-corrected chi connectivity index (χ2v) is 5.46. The van der Waals surface area contributed by atoms with Crippen LogP contribution >= 0.6 is 0 Å². The van der Waals surface area contributed by atoms with E-state index in [-0.39, 0.29) is 16.9 Å². The molecule has 0 aliphatic carbocycles. The summed E-state index contributed by atoms with van der Waals surface area (Å²) in [6.07, 6.45) is 0.351. The van der Waals surface area contributed by atoms with Gasteiger partial charge in [-0.2, -0.15) is 0 Å². The van der Waals surface area contributed by atoms with Gasteiger partial charge in [0.25, 0.3) is 0 Å². The second-order valence-electron chi connectivity index (χ2n) is 5.46. The molecule has 116 valence electrons. The van der Waals surface area contributed by atoms with Crippen LogP contribution in [0.1, 0.15) is 29.3 Å². The fourth-order valence-corrected chi connectivity index (χ4v) is 2.46. The number of hydrogen-bond acceptors (Lipinski definition) is 4. The van der Waals surface area contributed by atoms with E-state index in [1.165, 1.54) is 6.07 Å². The molecule has 4 heteroatoms. The summed E-state index contributed by atoms with van der Waals surface area (Å²) >= 11 is 0. The van der Waals surface area contributed by atoms with Crippen LogP contribution in [-0.4, -0.2) is 10.9 Å². The molecule has 0 aliphatic rings. The quantitative estimate of drug-likeness (QED) is 0.741. The first kappa shape index (κ1) is 15.0. The monoisotopic (exact) mass is 308 g/mol. The van der Waals surface area contributed by atoms with Crippen molar-refractivity contribution >= 4 is 16.8 Å². The minimum Gasteiger partial charge on any atom is -0.502 e. The average Bonchev–Trinajstić information content (AvgIpc) is 2.58. The molecule has 0 amide bonds. The summed E-state index contributed by atoms with van der Waals surface area (Å²) < 4.78 is 5.71. The lowest BCUT2D eigenvalue weighted by molar-refractivity contribution is 0.0988. The predicted octanol–water partition coefficient (Wildman–Crippen LogP) is 4.07. The maximum absolute atomic E-state index is 12.4. The zero-order valence-electron chi connectivity index (χ0n) is 12.9. The summed E-state index contributed by atoms with van der Waals surface area (Å²) in [5.74, 6) is -0.368. The molecule has 0 radical (unpaired) electrons. The van der Waals surface area contributed by atoms with Crippen LogP contribution in [0.25, 0.3) is 22.3 Å². The number of fused-ring (bicyclic) bond motifs is 1. The fourth-order valence-electron chi connectivity index (χ4n) is 2.46. The second kappa shape index (κ2) is 5.72. The largest absolute Gasteiger partial charge is 0.502 e. The van der Waals surface area contributed by atoms with E-state index < -0.39 is 11.2 Å². The highest BCUT2D eigenvalue weighted by atomic mass is 16.4. The highest BCUT2D eigenvalue weighted by Gasteiger charge is 2.16. The van der Waals surface area contributed by atoms with Crippen LogP contribution in [0.5, 0.6) is 5.75 Å². The molecule has 23 heavy (non-hydrogen) atoms. The van der Waals surface area contributed by atoms with Crippen LogP contribution in [0.15, 0.2) is 51.7 Å². The first-order valence-corrected chi connectivity index (χ1v) is 7.41. The third kappa shape index (κ3) is 2.63. The van der Waals surface area contributed by atoms with E-state index in [1.807, 2.05) is 19.1 Å². The molecule has 0 atom stereocenters. The van der Waals surface area contributed by atoms with Crippen molar-refractivity contribution in [3.8, 4) is 17.1 Å². The highest BCUT2D eigenvalue weighted by Crippen LogP contribution is 2.30. The molecular formula is C19H16O4. The minimum absolute atomic E-state index is 0.0617. The van der Waals surface area contributed by atoms with E-state index in [1.54, 1.807) is 31.2 Å². The number of carbonyl (C=O) groups excluding carboxylic acids is 1. The summed E-state index contributed by atoms with van der Waals surface area (Å²) in [5, 5.41) is 10.4. The molecule has 0 unspecified atom stereocenters. The molecule has 0 saturated heterocycles. The normalized spacial score (nSPS) is 10.9. The van der Waals surface area contributed by atoms with Crippen LogP contribution in [0, 0.1) is 6.92 Å². The summed E-state index contributed by atoms with van der Waals surface area (Å²) in [4.78, 5) is 24.2. The number of benzene rings is 2.